The molecule has 0 atom stereocenters. The zero-order valence-electron chi connectivity index (χ0n) is 17.8. The predicted molar refractivity (Wildman–Crippen MR) is 113 cm³/mol. The van der Waals surface area contributed by atoms with Gasteiger partial charge >= 0.3 is 6.09 Å². The number of aryl methyl sites for hydroxylation is 1. The van der Waals surface area contributed by atoms with E-state index in [1.807, 2.05) is 51.1 Å². The topological polar surface area (TPSA) is 93.5 Å². The molecule has 2 heterocycles. The largest absolute Gasteiger partial charge is 0.444 e. The highest BCUT2D eigenvalue weighted by Gasteiger charge is 2.28. The summed E-state index contributed by atoms with van der Waals surface area (Å²) in [5.41, 5.74) is 0.394. The van der Waals surface area contributed by atoms with Crippen LogP contribution in [0.3, 0.4) is 0 Å². The van der Waals surface area contributed by atoms with Crippen LogP contribution < -0.4 is 10.7 Å². The van der Waals surface area contributed by atoms with Crippen molar-refractivity contribution in [2.24, 2.45) is 0 Å². The minimum atomic E-state index is -0.559. The van der Waals surface area contributed by atoms with Gasteiger partial charge in [0.25, 0.3) is 5.91 Å². The lowest BCUT2D eigenvalue weighted by molar-refractivity contribution is 0.0473. The predicted octanol–water partition coefficient (Wildman–Crippen LogP) is 2.67. The van der Waals surface area contributed by atoms with Crippen LogP contribution in [0.5, 0.6) is 0 Å². The third kappa shape index (κ3) is 5.25. The first-order valence-electron chi connectivity index (χ1n) is 10.1. The Balaban J connectivity index is 1.68. The van der Waals surface area contributed by atoms with Crippen molar-refractivity contribution in [1.82, 2.24) is 20.0 Å². The van der Waals surface area contributed by atoms with Crippen LogP contribution in [0, 0.1) is 6.92 Å². The van der Waals surface area contributed by atoms with Crippen LogP contribution in [0.2, 0.25) is 0 Å². The van der Waals surface area contributed by atoms with Crippen LogP contribution in [-0.2, 0) is 4.74 Å². The number of carbonyl (C=O) groups excluding carboxylic acids is 2. The van der Waals surface area contributed by atoms with Gasteiger partial charge in [-0.3, -0.25) is 9.59 Å². The van der Waals surface area contributed by atoms with E-state index in [1.54, 1.807) is 16.5 Å². The molecule has 0 aliphatic carbocycles. The Kier molecular flexibility index (Phi) is 6.24. The van der Waals surface area contributed by atoms with Gasteiger partial charge in [-0.05, 0) is 52.7 Å². The fraction of sp³-hybridized carbons (Fsp3) is 0.455. The van der Waals surface area contributed by atoms with Crippen molar-refractivity contribution in [1.29, 1.82) is 0 Å². The van der Waals surface area contributed by atoms with Gasteiger partial charge in [-0.1, -0.05) is 18.2 Å². The molecule has 30 heavy (non-hydrogen) atoms. The van der Waals surface area contributed by atoms with E-state index < -0.39 is 17.1 Å². The fourth-order valence-electron chi connectivity index (χ4n) is 3.38. The second-order valence-corrected chi connectivity index (χ2v) is 8.46. The van der Waals surface area contributed by atoms with Crippen molar-refractivity contribution in [2.45, 2.75) is 52.2 Å². The number of benzene rings is 1. The Labute approximate surface area is 175 Å². The molecule has 3 rings (SSSR count). The van der Waals surface area contributed by atoms with E-state index in [1.165, 1.54) is 6.07 Å². The summed E-state index contributed by atoms with van der Waals surface area (Å²) in [4.78, 5) is 39.0. The summed E-state index contributed by atoms with van der Waals surface area (Å²) in [6.45, 7) is 8.07. The van der Waals surface area contributed by atoms with E-state index in [0.717, 1.165) is 5.69 Å². The summed E-state index contributed by atoms with van der Waals surface area (Å²) in [7, 11) is 0. The number of piperidine rings is 1. The van der Waals surface area contributed by atoms with E-state index in [4.69, 9.17) is 4.74 Å². The molecule has 0 saturated carbocycles. The number of ether oxygens (including phenoxy) is 1. The summed E-state index contributed by atoms with van der Waals surface area (Å²) in [5, 5.41) is 7.19. The molecule has 2 aromatic rings. The van der Waals surface area contributed by atoms with Gasteiger partial charge in [0, 0.05) is 30.9 Å². The number of nitrogens with one attached hydrogen (secondary N) is 1. The molecule has 1 aliphatic heterocycles. The lowest BCUT2D eigenvalue weighted by Crippen LogP contribution is -2.48. The van der Waals surface area contributed by atoms with Gasteiger partial charge in [-0.25, -0.2) is 9.48 Å². The number of carbonyl (C=O) groups is 2. The Bertz CT molecular complexity index is 971. The van der Waals surface area contributed by atoms with Crippen LogP contribution in [0.1, 0.15) is 49.8 Å². The standard InChI is InChI=1S/C22H28N4O4/c1-15-14-18(27)19(24-26(15)17-8-6-5-7-9-17)20(28)25-12-10-16(11-13-25)23-21(29)30-22(2,3)4/h5-9,14,16H,10-13H2,1-4H3,(H,23,29). The Morgan fingerprint density at radius 2 is 1.77 bits per heavy atom. The summed E-state index contributed by atoms with van der Waals surface area (Å²) < 4.78 is 6.88. The summed E-state index contributed by atoms with van der Waals surface area (Å²) in [6.07, 6.45) is 0.714. The molecule has 1 aliphatic rings. The first-order valence-corrected chi connectivity index (χ1v) is 10.1. The monoisotopic (exact) mass is 412 g/mol. The number of likely N-dealkylation sites (tertiary alicyclic amines) is 1. The molecule has 0 radical (unpaired) electrons. The molecular weight excluding hydrogens is 384 g/mol. The lowest BCUT2D eigenvalue weighted by Gasteiger charge is -2.32. The highest BCUT2D eigenvalue weighted by atomic mass is 16.6. The molecule has 1 saturated heterocycles. The average molecular weight is 412 g/mol. The van der Waals surface area contributed by atoms with E-state index in [0.29, 0.717) is 31.6 Å². The van der Waals surface area contributed by atoms with Crippen molar-refractivity contribution >= 4 is 12.0 Å². The molecule has 8 heteroatoms. The molecule has 1 N–H and O–H groups in total. The molecule has 1 aromatic heterocycles. The summed E-state index contributed by atoms with van der Waals surface area (Å²) in [5.74, 6) is -0.389. The maximum absolute atomic E-state index is 13.0. The quantitative estimate of drug-likeness (QED) is 0.837. The zero-order chi connectivity index (χ0) is 21.9. The lowest BCUT2D eigenvalue weighted by atomic mass is 10.0. The highest BCUT2D eigenvalue weighted by Crippen LogP contribution is 2.15. The minimum Gasteiger partial charge on any atom is -0.444 e. The molecule has 0 bridgehead atoms. The first kappa shape index (κ1) is 21.5. The molecule has 160 valence electrons. The van der Waals surface area contributed by atoms with Crippen molar-refractivity contribution in [3.05, 3.63) is 58.0 Å². The van der Waals surface area contributed by atoms with Gasteiger partial charge in [-0.2, -0.15) is 5.10 Å². The van der Waals surface area contributed by atoms with E-state index in [2.05, 4.69) is 10.4 Å². The SMILES string of the molecule is Cc1cc(=O)c(C(=O)N2CCC(NC(=O)OC(C)(C)C)CC2)nn1-c1ccccc1. The number of para-hydroxylation sites is 1. The van der Waals surface area contributed by atoms with Gasteiger partial charge in [0.05, 0.1) is 5.69 Å². The van der Waals surface area contributed by atoms with Gasteiger partial charge in [0.1, 0.15) is 5.60 Å². The smallest absolute Gasteiger partial charge is 0.407 e. The van der Waals surface area contributed by atoms with Gasteiger partial charge in [-0.15, -0.1) is 0 Å². The number of aromatic nitrogens is 2. The molecule has 0 unspecified atom stereocenters. The molecule has 8 nitrogen and oxygen atoms in total. The molecule has 2 amide bonds. The number of rotatable bonds is 3. The van der Waals surface area contributed by atoms with Crippen LogP contribution in [0.25, 0.3) is 5.69 Å². The second kappa shape index (κ2) is 8.69. The van der Waals surface area contributed by atoms with Gasteiger partial charge < -0.3 is 15.0 Å². The van der Waals surface area contributed by atoms with E-state index >= 15 is 0 Å². The molecule has 0 spiro atoms. The molecule has 1 fully saturated rings. The van der Waals surface area contributed by atoms with Crippen molar-refractivity contribution in [3.63, 3.8) is 0 Å². The van der Waals surface area contributed by atoms with Crippen molar-refractivity contribution in [2.75, 3.05) is 13.1 Å². The first-order chi connectivity index (χ1) is 14.1. The minimum absolute atomic E-state index is 0.0733. The summed E-state index contributed by atoms with van der Waals surface area (Å²) in [6, 6.07) is 10.7. The fourth-order valence-corrected chi connectivity index (χ4v) is 3.38. The van der Waals surface area contributed by atoms with Crippen LogP contribution in [0.15, 0.2) is 41.2 Å². The Morgan fingerprint density at radius 3 is 2.37 bits per heavy atom. The number of hydrogen-bond acceptors (Lipinski definition) is 5. The highest BCUT2D eigenvalue weighted by molar-refractivity contribution is 5.92. The number of hydrogen-bond donors (Lipinski definition) is 1. The van der Waals surface area contributed by atoms with E-state index in [-0.39, 0.29) is 17.6 Å². The van der Waals surface area contributed by atoms with Crippen LogP contribution in [-0.4, -0.2) is 51.4 Å². The molecular formula is C22H28N4O4. The van der Waals surface area contributed by atoms with Crippen LogP contribution >= 0.6 is 0 Å². The number of alkyl carbamates (subject to hydrolysis) is 1. The van der Waals surface area contributed by atoms with Gasteiger partial charge in [0.2, 0.25) is 5.43 Å². The normalized spacial score (nSPS) is 15.0. The van der Waals surface area contributed by atoms with Gasteiger partial charge in [0.15, 0.2) is 5.69 Å². The third-order valence-electron chi connectivity index (χ3n) is 4.81. The zero-order valence-corrected chi connectivity index (χ0v) is 17.8. The number of nitrogens with zero attached hydrogens (tertiary/aromatic N) is 3. The van der Waals surface area contributed by atoms with Crippen molar-refractivity contribution < 1.29 is 14.3 Å². The molecule has 1 aromatic carbocycles. The average Bonchev–Trinajstić information content (AvgIpc) is 2.67. The second-order valence-electron chi connectivity index (χ2n) is 8.46. The maximum Gasteiger partial charge on any atom is 0.407 e. The van der Waals surface area contributed by atoms with Crippen molar-refractivity contribution in [3.8, 4) is 5.69 Å². The number of amides is 2. The Hall–Kier alpha value is -3.16. The maximum atomic E-state index is 13.0. The Morgan fingerprint density at radius 1 is 1.13 bits per heavy atom. The summed E-state index contributed by atoms with van der Waals surface area (Å²) >= 11 is 0. The van der Waals surface area contributed by atoms with E-state index in [9.17, 15) is 14.4 Å². The third-order valence-corrected chi connectivity index (χ3v) is 4.81. The van der Waals surface area contributed by atoms with Crippen LogP contribution in [0.4, 0.5) is 4.79 Å².